The number of nitro groups is 1. The molecule has 0 saturated heterocycles. The highest BCUT2D eigenvalue weighted by atomic mass is 127. The van der Waals surface area contributed by atoms with Crippen LogP contribution in [-0.2, 0) is 0 Å². The molecular formula is C19H17IN4O2. The average Bonchev–Trinajstić information content (AvgIpc) is 2.90. The molecule has 2 aromatic carbocycles. The van der Waals surface area contributed by atoms with Crippen LogP contribution in [0.5, 0.6) is 0 Å². The number of rotatable bonds is 5. The maximum absolute atomic E-state index is 10.8. The lowest BCUT2D eigenvalue weighted by atomic mass is 10.2. The first kappa shape index (κ1) is 18.1. The van der Waals surface area contributed by atoms with Gasteiger partial charge in [-0.1, -0.05) is 0 Å². The molecule has 132 valence electrons. The molecule has 0 unspecified atom stereocenters. The van der Waals surface area contributed by atoms with Crippen LogP contribution in [0.25, 0.3) is 5.69 Å². The Labute approximate surface area is 164 Å². The van der Waals surface area contributed by atoms with Gasteiger partial charge in [0.1, 0.15) is 0 Å². The van der Waals surface area contributed by atoms with Gasteiger partial charge in [-0.15, -0.1) is 0 Å². The minimum Gasteiger partial charge on any atom is -0.318 e. The van der Waals surface area contributed by atoms with Crippen LogP contribution >= 0.6 is 22.6 Å². The van der Waals surface area contributed by atoms with Crippen molar-refractivity contribution in [2.75, 3.05) is 5.43 Å². The number of nitrogens with zero attached hydrogens (tertiary/aromatic N) is 3. The zero-order valence-corrected chi connectivity index (χ0v) is 16.5. The van der Waals surface area contributed by atoms with Gasteiger partial charge in [-0.2, -0.15) is 5.10 Å². The van der Waals surface area contributed by atoms with E-state index in [2.05, 4.69) is 37.7 Å². The van der Waals surface area contributed by atoms with Crippen molar-refractivity contribution in [3.05, 3.63) is 85.2 Å². The molecule has 0 aliphatic heterocycles. The van der Waals surface area contributed by atoms with E-state index in [-0.39, 0.29) is 5.69 Å². The number of nitro benzene ring substituents is 1. The molecule has 6 nitrogen and oxygen atoms in total. The van der Waals surface area contributed by atoms with E-state index in [9.17, 15) is 10.1 Å². The molecule has 1 aromatic heterocycles. The summed E-state index contributed by atoms with van der Waals surface area (Å²) in [5.41, 5.74) is 7.95. The number of benzene rings is 2. The second kappa shape index (κ2) is 7.69. The molecule has 3 rings (SSSR count). The summed E-state index contributed by atoms with van der Waals surface area (Å²) in [6.45, 7) is 4.00. The highest BCUT2D eigenvalue weighted by molar-refractivity contribution is 14.1. The van der Waals surface area contributed by atoms with E-state index in [1.54, 1.807) is 18.3 Å². The fourth-order valence-electron chi connectivity index (χ4n) is 2.74. The van der Waals surface area contributed by atoms with Crippen LogP contribution in [-0.4, -0.2) is 15.7 Å². The predicted octanol–water partition coefficient (Wildman–Crippen LogP) is 5.05. The van der Waals surface area contributed by atoms with Crippen LogP contribution in [0.2, 0.25) is 0 Å². The van der Waals surface area contributed by atoms with Gasteiger partial charge in [0.05, 0.1) is 16.8 Å². The van der Waals surface area contributed by atoms with E-state index < -0.39 is 4.92 Å². The van der Waals surface area contributed by atoms with Gasteiger partial charge in [-0.05, 0) is 78.9 Å². The number of non-ortho nitro benzene ring substituents is 1. The molecule has 0 spiro atoms. The summed E-state index contributed by atoms with van der Waals surface area (Å²) >= 11 is 2.26. The molecule has 0 amide bonds. The van der Waals surface area contributed by atoms with Crippen molar-refractivity contribution in [3.63, 3.8) is 0 Å². The van der Waals surface area contributed by atoms with Gasteiger partial charge in [0, 0.05) is 38.3 Å². The third kappa shape index (κ3) is 3.93. The topological polar surface area (TPSA) is 72.5 Å². The molecule has 0 aliphatic rings. The van der Waals surface area contributed by atoms with Gasteiger partial charge >= 0.3 is 0 Å². The van der Waals surface area contributed by atoms with Gasteiger partial charge in [0.15, 0.2) is 0 Å². The smallest absolute Gasteiger partial charge is 0.269 e. The summed E-state index contributed by atoms with van der Waals surface area (Å²) in [5.74, 6) is 0. The summed E-state index contributed by atoms with van der Waals surface area (Å²) in [4.78, 5) is 10.4. The third-order valence-corrected chi connectivity index (χ3v) is 4.75. The van der Waals surface area contributed by atoms with Gasteiger partial charge < -0.3 is 4.57 Å². The Morgan fingerprint density at radius 3 is 2.38 bits per heavy atom. The van der Waals surface area contributed by atoms with Crippen molar-refractivity contribution in [1.82, 2.24) is 4.57 Å². The second-order valence-electron chi connectivity index (χ2n) is 5.81. The van der Waals surface area contributed by atoms with Gasteiger partial charge in [-0.25, -0.2) is 0 Å². The summed E-state index contributed by atoms with van der Waals surface area (Å²) in [5, 5.41) is 15.1. The molecule has 3 aromatic rings. The minimum atomic E-state index is -0.395. The zero-order valence-electron chi connectivity index (χ0n) is 14.3. The van der Waals surface area contributed by atoms with Crippen molar-refractivity contribution >= 4 is 40.2 Å². The number of hydrogen-bond donors (Lipinski definition) is 1. The first-order valence-electron chi connectivity index (χ1n) is 7.94. The Morgan fingerprint density at radius 1 is 1.12 bits per heavy atom. The maximum atomic E-state index is 10.8. The third-order valence-electron chi connectivity index (χ3n) is 4.03. The lowest BCUT2D eigenvalue weighted by Crippen LogP contribution is -2.00. The van der Waals surface area contributed by atoms with Crippen LogP contribution < -0.4 is 5.43 Å². The van der Waals surface area contributed by atoms with Crippen molar-refractivity contribution < 1.29 is 4.92 Å². The van der Waals surface area contributed by atoms with Gasteiger partial charge in [0.2, 0.25) is 0 Å². The van der Waals surface area contributed by atoms with Gasteiger partial charge in [-0.3, -0.25) is 15.5 Å². The van der Waals surface area contributed by atoms with E-state index in [0.29, 0.717) is 0 Å². The molecule has 7 heteroatoms. The molecule has 0 atom stereocenters. The number of hydrazone groups is 1. The molecule has 1 N–H and O–H groups in total. The summed E-state index contributed by atoms with van der Waals surface area (Å²) in [6, 6.07) is 16.5. The van der Waals surface area contributed by atoms with Crippen molar-refractivity contribution in [2.24, 2.45) is 5.10 Å². The van der Waals surface area contributed by atoms with Crippen LogP contribution in [0, 0.1) is 27.5 Å². The Morgan fingerprint density at radius 2 is 1.77 bits per heavy atom. The Kier molecular flexibility index (Phi) is 5.36. The molecule has 26 heavy (non-hydrogen) atoms. The normalized spacial score (nSPS) is 11.0. The molecule has 0 saturated carbocycles. The largest absolute Gasteiger partial charge is 0.318 e. The summed E-state index contributed by atoms with van der Waals surface area (Å²) in [6.07, 6.45) is 1.78. The predicted molar refractivity (Wildman–Crippen MR) is 112 cm³/mol. The summed E-state index contributed by atoms with van der Waals surface area (Å²) < 4.78 is 3.22. The SMILES string of the molecule is Cc1cc(/C=N\Nc2ccc(I)cc2)c(C)n1-c1ccc([N+](=O)[O-])cc1. The monoisotopic (exact) mass is 460 g/mol. The number of halogens is 1. The quantitative estimate of drug-likeness (QED) is 0.251. The lowest BCUT2D eigenvalue weighted by Gasteiger charge is -2.09. The first-order valence-corrected chi connectivity index (χ1v) is 9.02. The molecule has 0 radical (unpaired) electrons. The van der Waals surface area contributed by atoms with Crippen molar-refractivity contribution in [2.45, 2.75) is 13.8 Å². The van der Waals surface area contributed by atoms with Crippen LogP contribution in [0.15, 0.2) is 59.7 Å². The molecular weight excluding hydrogens is 443 g/mol. The van der Waals surface area contributed by atoms with Crippen LogP contribution in [0.3, 0.4) is 0 Å². The molecule has 1 heterocycles. The highest BCUT2D eigenvalue weighted by Gasteiger charge is 2.11. The average molecular weight is 460 g/mol. The van der Waals surface area contributed by atoms with Gasteiger partial charge in [0.25, 0.3) is 5.69 Å². The van der Waals surface area contributed by atoms with E-state index >= 15 is 0 Å². The molecule has 0 aliphatic carbocycles. The number of aromatic nitrogens is 1. The number of aryl methyl sites for hydroxylation is 1. The Balaban J connectivity index is 1.82. The van der Waals surface area contributed by atoms with E-state index in [1.165, 1.54) is 15.7 Å². The number of hydrogen-bond acceptors (Lipinski definition) is 4. The standard InChI is InChI=1S/C19H17IN4O2/c1-13-11-15(12-21-22-17-5-3-16(20)4-6-17)14(2)23(13)18-7-9-19(10-8-18)24(25)26/h3-12,22H,1-2H3/b21-12-. The van der Waals surface area contributed by atoms with Crippen molar-refractivity contribution in [3.8, 4) is 5.69 Å². The minimum absolute atomic E-state index is 0.0831. The summed E-state index contributed by atoms with van der Waals surface area (Å²) in [7, 11) is 0. The van der Waals surface area contributed by atoms with E-state index in [4.69, 9.17) is 0 Å². The first-order chi connectivity index (χ1) is 12.5. The fourth-order valence-corrected chi connectivity index (χ4v) is 3.10. The fraction of sp³-hybridized carbons (Fsp3) is 0.105. The van der Waals surface area contributed by atoms with Crippen molar-refractivity contribution in [1.29, 1.82) is 0 Å². The number of nitrogens with one attached hydrogen (secondary N) is 1. The second-order valence-corrected chi connectivity index (χ2v) is 7.06. The zero-order chi connectivity index (χ0) is 18.7. The van der Waals surface area contributed by atoms with Crippen LogP contribution in [0.1, 0.15) is 17.0 Å². The molecule has 0 bridgehead atoms. The van der Waals surface area contributed by atoms with Crippen LogP contribution in [0.4, 0.5) is 11.4 Å². The van der Waals surface area contributed by atoms with E-state index in [0.717, 1.165) is 28.3 Å². The Bertz CT molecular complexity index is 960. The van der Waals surface area contributed by atoms with E-state index in [1.807, 2.05) is 44.2 Å². The highest BCUT2D eigenvalue weighted by Crippen LogP contribution is 2.22. The maximum Gasteiger partial charge on any atom is 0.269 e. The Hall–Kier alpha value is -2.68. The molecule has 0 fully saturated rings. The number of anilines is 1. The lowest BCUT2D eigenvalue weighted by molar-refractivity contribution is -0.384.